The molecule has 2 rings (SSSR count). The lowest BCUT2D eigenvalue weighted by atomic mass is 9.90. The first-order chi connectivity index (χ1) is 5.08. The van der Waals surface area contributed by atoms with E-state index in [-0.39, 0.29) is 0 Å². The summed E-state index contributed by atoms with van der Waals surface area (Å²) in [5.41, 5.74) is 1.26. The molecule has 0 aromatic rings. The molecule has 0 aliphatic heterocycles. The summed E-state index contributed by atoms with van der Waals surface area (Å²) >= 11 is 0. The Kier molecular flexibility index (Phi) is 1.14. The number of fused-ring (bicyclic) bond motifs is 1. The number of rotatable bonds is 1. The van der Waals surface area contributed by atoms with Crippen molar-refractivity contribution >= 4 is 5.78 Å². The van der Waals surface area contributed by atoms with Gasteiger partial charge in [0.1, 0.15) is 0 Å². The van der Waals surface area contributed by atoms with E-state index in [0.717, 1.165) is 12.0 Å². The van der Waals surface area contributed by atoms with Crippen LogP contribution in [0.25, 0.3) is 0 Å². The summed E-state index contributed by atoms with van der Waals surface area (Å²) in [4.78, 5) is 11.2. The first kappa shape index (κ1) is 7.08. The highest BCUT2D eigenvalue weighted by atomic mass is 16.1. The van der Waals surface area contributed by atoms with Gasteiger partial charge in [-0.1, -0.05) is 20.4 Å². The first-order valence-electron chi connectivity index (χ1n) is 4.30. The van der Waals surface area contributed by atoms with Crippen molar-refractivity contribution in [2.75, 3.05) is 0 Å². The van der Waals surface area contributed by atoms with E-state index in [1.807, 2.05) is 0 Å². The van der Waals surface area contributed by atoms with Crippen LogP contribution >= 0.6 is 0 Å². The van der Waals surface area contributed by atoms with Crippen LogP contribution in [0.5, 0.6) is 0 Å². The summed E-state index contributed by atoms with van der Waals surface area (Å²) in [5, 5.41) is 0. The fourth-order valence-electron chi connectivity index (χ4n) is 2.44. The van der Waals surface area contributed by atoms with E-state index in [2.05, 4.69) is 20.4 Å². The van der Waals surface area contributed by atoms with E-state index in [1.54, 1.807) is 0 Å². The molecule has 0 N–H and O–H groups in total. The van der Waals surface area contributed by atoms with Crippen LogP contribution in [0.4, 0.5) is 0 Å². The SMILES string of the molecule is C=C1C(=O)C[C@]2(C(C)C)C[C@@H]12. The highest BCUT2D eigenvalue weighted by Gasteiger charge is 2.63. The average molecular weight is 150 g/mol. The van der Waals surface area contributed by atoms with Crippen molar-refractivity contribution in [2.24, 2.45) is 17.3 Å². The van der Waals surface area contributed by atoms with Crippen molar-refractivity contribution in [1.82, 2.24) is 0 Å². The smallest absolute Gasteiger partial charge is 0.159 e. The topological polar surface area (TPSA) is 17.1 Å². The Morgan fingerprint density at radius 3 is 2.55 bits per heavy atom. The lowest BCUT2D eigenvalue weighted by molar-refractivity contribution is -0.115. The highest BCUT2D eigenvalue weighted by molar-refractivity contribution is 6.00. The minimum absolute atomic E-state index is 0.315. The largest absolute Gasteiger partial charge is 0.295 e. The lowest BCUT2D eigenvalue weighted by Crippen LogP contribution is -2.10. The Labute approximate surface area is 67.5 Å². The highest BCUT2D eigenvalue weighted by Crippen LogP contribution is 2.67. The molecule has 0 aromatic carbocycles. The number of ketones is 1. The molecule has 2 atom stereocenters. The van der Waals surface area contributed by atoms with Gasteiger partial charge in [-0.25, -0.2) is 0 Å². The Morgan fingerprint density at radius 1 is 1.64 bits per heavy atom. The van der Waals surface area contributed by atoms with Gasteiger partial charge < -0.3 is 0 Å². The molecular weight excluding hydrogens is 136 g/mol. The molecular formula is C10H14O. The fraction of sp³-hybridized carbons (Fsp3) is 0.700. The van der Waals surface area contributed by atoms with Crippen LogP contribution in [0.1, 0.15) is 26.7 Å². The molecule has 0 spiro atoms. The fourth-order valence-corrected chi connectivity index (χ4v) is 2.44. The number of allylic oxidation sites excluding steroid dienone is 1. The van der Waals surface area contributed by atoms with Crippen molar-refractivity contribution in [1.29, 1.82) is 0 Å². The summed E-state index contributed by atoms with van der Waals surface area (Å²) in [7, 11) is 0. The molecule has 1 heteroatoms. The zero-order chi connectivity index (χ0) is 8.22. The molecule has 2 aliphatic carbocycles. The summed E-state index contributed by atoms with van der Waals surface area (Å²) in [6, 6.07) is 0. The maximum Gasteiger partial charge on any atom is 0.159 e. The minimum Gasteiger partial charge on any atom is -0.295 e. The standard InChI is InChI=1S/C10H14O/c1-6(2)10-4-8(10)7(3)9(11)5-10/h6,8H,3-5H2,1-2H3/t8-,10-/m0/s1. The second-order valence-electron chi connectivity index (χ2n) is 4.27. The molecule has 0 aromatic heterocycles. The molecule has 0 heterocycles. The van der Waals surface area contributed by atoms with E-state index >= 15 is 0 Å². The molecule has 0 unspecified atom stereocenters. The Balaban J connectivity index is 2.26. The first-order valence-corrected chi connectivity index (χ1v) is 4.30. The Bertz CT molecular complexity index is 239. The molecule has 0 amide bonds. The van der Waals surface area contributed by atoms with Crippen LogP contribution in [0.3, 0.4) is 0 Å². The van der Waals surface area contributed by atoms with Crippen LogP contribution in [0.2, 0.25) is 0 Å². The third-order valence-electron chi connectivity index (χ3n) is 3.54. The molecule has 11 heavy (non-hydrogen) atoms. The van der Waals surface area contributed by atoms with Gasteiger partial charge in [0.2, 0.25) is 0 Å². The molecule has 0 radical (unpaired) electrons. The van der Waals surface area contributed by atoms with Crippen LogP contribution in [0, 0.1) is 17.3 Å². The van der Waals surface area contributed by atoms with Gasteiger partial charge in [-0.3, -0.25) is 4.79 Å². The van der Waals surface area contributed by atoms with Crippen molar-refractivity contribution in [2.45, 2.75) is 26.7 Å². The molecule has 0 bridgehead atoms. The Morgan fingerprint density at radius 2 is 2.27 bits per heavy atom. The van der Waals surface area contributed by atoms with Gasteiger partial charge in [-0.05, 0) is 29.2 Å². The van der Waals surface area contributed by atoms with E-state index in [1.165, 1.54) is 6.42 Å². The van der Waals surface area contributed by atoms with Crippen LogP contribution in [-0.4, -0.2) is 5.78 Å². The number of carbonyl (C=O) groups excluding carboxylic acids is 1. The number of Topliss-reactive ketones (excluding diaryl/α,β-unsaturated/α-hetero) is 1. The predicted molar refractivity (Wildman–Crippen MR) is 44.1 cm³/mol. The van der Waals surface area contributed by atoms with E-state index in [4.69, 9.17) is 0 Å². The number of hydrogen-bond donors (Lipinski definition) is 0. The van der Waals surface area contributed by atoms with Gasteiger partial charge in [-0.15, -0.1) is 0 Å². The zero-order valence-electron chi connectivity index (χ0n) is 7.18. The Hall–Kier alpha value is -0.590. The molecule has 0 saturated heterocycles. The van der Waals surface area contributed by atoms with Gasteiger partial charge >= 0.3 is 0 Å². The lowest BCUT2D eigenvalue weighted by Gasteiger charge is -2.14. The molecule has 2 fully saturated rings. The van der Waals surface area contributed by atoms with Gasteiger partial charge in [0.15, 0.2) is 5.78 Å². The molecule has 60 valence electrons. The van der Waals surface area contributed by atoms with Crippen molar-refractivity contribution < 1.29 is 4.79 Å². The second-order valence-corrected chi connectivity index (χ2v) is 4.27. The van der Waals surface area contributed by atoms with Crippen LogP contribution in [0.15, 0.2) is 12.2 Å². The van der Waals surface area contributed by atoms with Crippen LogP contribution in [-0.2, 0) is 4.79 Å². The average Bonchev–Trinajstić information content (AvgIpc) is 2.57. The third-order valence-corrected chi connectivity index (χ3v) is 3.54. The molecule has 2 saturated carbocycles. The summed E-state index contributed by atoms with van der Waals surface area (Å²) in [6.07, 6.45) is 1.99. The minimum atomic E-state index is 0.315. The maximum absolute atomic E-state index is 11.2. The maximum atomic E-state index is 11.2. The van der Waals surface area contributed by atoms with E-state index in [9.17, 15) is 4.79 Å². The zero-order valence-corrected chi connectivity index (χ0v) is 7.18. The third kappa shape index (κ3) is 0.688. The van der Waals surface area contributed by atoms with E-state index in [0.29, 0.717) is 23.0 Å². The second kappa shape index (κ2) is 1.77. The van der Waals surface area contributed by atoms with Gasteiger partial charge in [0.05, 0.1) is 0 Å². The number of hydrogen-bond acceptors (Lipinski definition) is 1. The number of carbonyl (C=O) groups is 1. The van der Waals surface area contributed by atoms with Crippen molar-refractivity contribution in [3.63, 3.8) is 0 Å². The molecule has 1 nitrogen and oxygen atoms in total. The normalized spacial score (nSPS) is 41.5. The van der Waals surface area contributed by atoms with Crippen molar-refractivity contribution in [3.8, 4) is 0 Å². The summed E-state index contributed by atoms with van der Waals surface area (Å²) in [5.74, 6) is 1.51. The van der Waals surface area contributed by atoms with E-state index < -0.39 is 0 Å². The summed E-state index contributed by atoms with van der Waals surface area (Å²) in [6.45, 7) is 8.26. The predicted octanol–water partition coefficient (Wildman–Crippen LogP) is 2.18. The van der Waals surface area contributed by atoms with Crippen LogP contribution < -0.4 is 0 Å². The van der Waals surface area contributed by atoms with Gasteiger partial charge in [-0.2, -0.15) is 0 Å². The van der Waals surface area contributed by atoms with Crippen molar-refractivity contribution in [3.05, 3.63) is 12.2 Å². The monoisotopic (exact) mass is 150 g/mol. The quantitative estimate of drug-likeness (QED) is 0.523. The molecule has 2 aliphatic rings. The summed E-state index contributed by atoms with van der Waals surface area (Å²) < 4.78 is 0. The van der Waals surface area contributed by atoms with Gasteiger partial charge in [0.25, 0.3) is 0 Å². The van der Waals surface area contributed by atoms with Gasteiger partial charge in [0, 0.05) is 6.42 Å².